The van der Waals surface area contributed by atoms with Crippen molar-refractivity contribution in [3.05, 3.63) is 29.8 Å². The Hall–Kier alpha value is -1.55. The number of nitrogens with zero attached hydrogens (tertiary/aromatic N) is 1. The first kappa shape index (κ1) is 11.0. The van der Waals surface area contributed by atoms with Crippen molar-refractivity contribution in [2.45, 2.75) is 12.5 Å². The first-order chi connectivity index (χ1) is 7.72. The van der Waals surface area contributed by atoms with E-state index in [0.717, 1.165) is 17.7 Å². The zero-order chi connectivity index (χ0) is 11.5. The number of likely N-dealkylation sites (tertiary alicyclic amines) is 1. The number of nitrogens with two attached hydrogens (primary N) is 1. The Morgan fingerprint density at radius 1 is 1.50 bits per heavy atom. The minimum atomic E-state index is -0.280. The lowest BCUT2D eigenvalue weighted by atomic mass is 10.1. The van der Waals surface area contributed by atoms with Crippen LogP contribution in [0.1, 0.15) is 5.56 Å². The van der Waals surface area contributed by atoms with E-state index in [1.54, 1.807) is 12.0 Å². The van der Waals surface area contributed by atoms with Crippen LogP contribution < -0.4 is 10.5 Å². The molecule has 4 nitrogen and oxygen atoms in total. The highest BCUT2D eigenvalue weighted by atomic mass is 16.5. The second kappa shape index (κ2) is 4.53. The van der Waals surface area contributed by atoms with Crippen LogP contribution in [0, 0.1) is 0 Å². The van der Waals surface area contributed by atoms with Crippen LogP contribution in [0.25, 0.3) is 0 Å². The first-order valence-corrected chi connectivity index (χ1v) is 5.38. The fourth-order valence-corrected chi connectivity index (χ4v) is 1.89. The summed E-state index contributed by atoms with van der Waals surface area (Å²) in [5, 5.41) is 0. The van der Waals surface area contributed by atoms with E-state index in [9.17, 15) is 4.79 Å². The summed E-state index contributed by atoms with van der Waals surface area (Å²) in [6.07, 6.45) is 0.808. The van der Waals surface area contributed by atoms with Gasteiger partial charge in [0, 0.05) is 13.1 Å². The van der Waals surface area contributed by atoms with Crippen molar-refractivity contribution >= 4 is 5.91 Å². The van der Waals surface area contributed by atoms with Crippen molar-refractivity contribution in [3.63, 3.8) is 0 Å². The maximum Gasteiger partial charge on any atom is 0.241 e. The number of methoxy groups -OCH3 is 1. The molecule has 0 radical (unpaired) electrons. The van der Waals surface area contributed by atoms with E-state index < -0.39 is 0 Å². The lowest BCUT2D eigenvalue weighted by Crippen LogP contribution is -2.61. The van der Waals surface area contributed by atoms with Crippen LogP contribution in [0.4, 0.5) is 0 Å². The number of amides is 1. The molecular formula is C12H16N2O2. The molecule has 1 aromatic rings. The molecule has 1 atom stereocenters. The first-order valence-electron chi connectivity index (χ1n) is 5.38. The fraction of sp³-hybridized carbons (Fsp3) is 0.417. The smallest absolute Gasteiger partial charge is 0.241 e. The molecule has 0 aliphatic carbocycles. The molecule has 1 aliphatic rings. The molecule has 1 saturated heterocycles. The molecule has 16 heavy (non-hydrogen) atoms. The summed E-state index contributed by atoms with van der Waals surface area (Å²) in [7, 11) is 1.66. The van der Waals surface area contributed by atoms with Crippen molar-refractivity contribution in [1.82, 2.24) is 4.90 Å². The number of hydrogen-bond acceptors (Lipinski definition) is 3. The van der Waals surface area contributed by atoms with Gasteiger partial charge in [-0.1, -0.05) is 18.2 Å². The number of rotatable bonds is 4. The maximum atomic E-state index is 11.3. The highest BCUT2D eigenvalue weighted by Gasteiger charge is 2.32. The van der Waals surface area contributed by atoms with Crippen molar-refractivity contribution in [3.8, 4) is 5.75 Å². The highest BCUT2D eigenvalue weighted by molar-refractivity contribution is 5.87. The Bertz CT molecular complexity index is 392. The molecule has 0 spiro atoms. The monoisotopic (exact) mass is 220 g/mol. The van der Waals surface area contributed by atoms with Gasteiger partial charge in [0.15, 0.2) is 0 Å². The van der Waals surface area contributed by atoms with Gasteiger partial charge >= 0.3 is 0 Å². The molecule has 86 valence electrons. The minimum absolute atomic E-state index is 0.0508. The summed E-state index contributed by atoms with van der Waals surface area (Å²) in [6.45, 7) is 1.39. The van der Waals surface area contributed by atoms with Crippen LogP contribution in [0.3, 0.4) is 0 Å². The van der Waals surface area contributed by atoms with Crippen LogP contribution in [0.2, 0.25) is 0 Å². The van der Waals surface area contributed by atoms with Crippen molar-refractivity contribution in [1.29, 1.82) is 0 Å². The van der Waals surface area contributed by atoms with Gasteiger partial charge in [0.25, 0.3) is 0 Å². The lowest BCUT2D eigenvalue weighted by Gasteiger charge is -2.36. The van der Waals surface area contributed by atoms with Gasteiger partial charge in [-0.2, -0.15) is 0 Å². The number of β-lactam (4-membered cyclic amide) rings is 1. The van der Waals surface area contributed by atoms with E-state index in [0.29, 0.717) is 13.1 Å². The number of ether oxygens (including phenoxy) is 1. The van der Waals surface area contributed by atoms with Gasteiger partial charge < -0.3 is 15.4 Å². The summed E-state index contributed by atoms with van der Waals surface area (Å²) in [6, 6.07) is 7.58. The van der Waals surface area contributed by atoms with Crippen molar-refractivity contribution < 1.29 is 9.53 Å². The maximum absolute atomic E-state index is 11.3. The van der Waals surface area contributed by atoms with Gasteiger partial charge in [0.05, 0.1) is 7.11 Å². The lowest BCUT2D eigenvalue weighted by molar-refractivity contribution is -0.142. The average Bonchev–Trinajstić information content (AvgIpc) is 2.34. The molecular weight excluding hydrogens is 204 g/mol. The highest BCUT2D eigenvalue weighted by Crippen LogP contribution is 2.19. The molecule has 1 aromatic carbocycles. The minimum Gasteiger partial charge on any atom is -0.496 e. The second-order valence-electron chi connectivity index (χ2n) is 3.95. The summed E-state index contributed by atoms with van der Waals surface area (Å²) in [5.74, 6) is 0.926. The molecule has 0 aromatic heterocycles. The quantitative estimate of drug-likeness (QED) is 0.748. The van der Waals surface area contributed by atoms with E-state index in [4.69, 9.17) is 10.5 Å². The standard InChI is InChI=1S/C12H16N2O2/c1-16-11-5-3-2-4-9(11)6-7-14-8-10(13)12(14)15/h2-5,10H,6-8,13H2,1H3. The van der Waals surface area contributed by atoms with Crippen LogP contribution in [-0.4, -0.2) is 37.0 Å². The fourth-order valence-electron chi connectivity index (χ4n) is 1.89. The zero-order valence-electron chi connectivity index (χ0n) is 9.35. The summed E-state index contributed by atoms with van der Waals surface area (Å²) in [4.78, 5) is 13.1. The topological polar surface area (TPSA) is 55.6 Å². The summed E-state index contributed by atoms with van der Waals surface area (Å²) in [5.41, 5.74) is 6.64. The van der Waals surface area contributed by atoms with Crippen LogP contribution in [-0.2, 0) is 11.2 Å². The van der Waals surface area contributed by atoms with Gasteiger partial charge in [-0.15, -0.1) is 0 Å². The van der Waals surface area contributed by atoms with Crippen LogP contribution in [0.5, 0.6) is 5.75 Å². The number of hydrogen-bond donors (Lipinski definition) is 1. The molecule has 1 amide bonds. The van der Waals surface area contributed by atoms with E-state index in [2.05, 4.69) is 0 Å². The normalized spacial score (nSPS) is 19.5. The Morgan fingerprint density at radius 3 is 2.88 bits per heavy atom. The van der Waals surface area contributed by atoms with Crippen molar-refractivity contribution in [2.75, 3.05) is 20.2 Å². The number of carbonyl (C=O) groups excluding carboxylic acids is 1. The summed E-state index contributed by atoms with van der Waals surface area (Å²) >= 11 is 0. The molecule has 1 fully saturated rings. The Labute approximate surface area is 95.0 Å². The molecule has 0 bridgehead atoms. The molecule has 0 saturated carbocycles. The zero-order valence-corrected chi connectivity index (χ0v) is 9.35. The second-order valence-corrected chi connectivity index (χ2v) is 3.95. The van der Waals surface area contributed by atoms with Gasteiger partial charge in [0.2, 0.25) is 5.91 Å². The third-order valence-corrected chi connectivity index (χ3v) is 2.89. The van der Waals surface area contributed by atoms with Crippen LogP contribution in [0.15, 0.2) is 24.3 Å². The SMILES string of the molecule is COc1ccccc1CCN1CC(N)C1=O. The van der Waals surface area contributed by atoms with E-state index in [1.165, 1.54) is 0 Å². The molecule has 1 heterocycles. The summed E-state index contributed by atoms with van der Waals surface area (Å²) < 4.78 is 5.25. The van der Waals surface area contributed by atoms with Crippen molar-refractivity contribution in [2.24, 2.45) is 5.73 Å². The number of para-hydroxylation sites is 1. The molecule has 1 aliphatic heterocycles. The Balaban J connectivity index is 1.92. The number of benzene rings is 1. The molecule has 1 unspecified atom stereocenters. The number of carbonyl (C=O) groups is 1. The van der Waals surface area contributed by atoms with E-state index in [-0.39, 0.29) is 11.9 Å². The predicted octanol–water partition coefficient (Wildman–Crippen LogP) is 0.407. The third kappa shape index (κ3) is 2.02. The molecule has 4 heteroatoms. The molecule has 2 rings (SSSR count). The van der Waals surface area contributed by atoms with Crippen LogP contribution >= 0.6 is 0 Å². The molecule has 2 N–H and O–H groups in total. The van der Waals surface area contributed by atoms with Gasteiger partial charge in [-0.3, -0.25) is 4.79 Å². The predicted molar refractivity (Wildman–Crippen MR) is 61.3 cm³/mol. The van der Waals surface area contributed by atoms with Gasteiger partial charge in [-0.05, 0) is 18.1 Å². The third-order valence-electron chi connectivity index (χ3n) is 2.89. The largest absolute Gasteiger partial charge is 0.496 e. The average molecular weight is 220 g/mol. The van der Waals surface area contributed by atoms with E-state index >= 15 is 0 Å². The van der Waals surface area contributed by atoms with Gasteiger partial charge in [0.1, 0.15) is 11.8 Å². The Kier molecular flexibility index (Phi) is 3.10. The van der Waals surface area contributed by atoms with Gasteiger partial charge in [-0.25, -0.2) is 0 Å². The van der Waals surface area contributed by atoms with E-state index in [1.807, 2.05) is 24.3 Å². The Morgan fingerprint density at radius 2 is 2.25 bits per heavy atom.